The van der Waals surface area contributed by atoms with Gasteiger partial charge in [0.15, 0.2) is 0 Å². The zero-order valence-corrected chi connectivity index (χ0v) is 9.47. The van der Waals surface area contributed by atoms with E-state index < -0.39 is 0 Å². The van der Waals surface area contributed by atoms with Gasteiger partial charge in [-0.3, -0.25) is 4.79 Å². The number of amides is 1. The van der Waals surface area contributed by atoms with Crippen LogP contribution >= 0.6 is 0 Å². The number of hydrogen-bond acceptors (Lipinski definition) is 2. The fourth-order valence-corrected chi connectivity index (χ4v) is 1.52. The van der Waals surface area contributed by atoms with Crippen LogP contribution in [0.15, 0.2) is 0 Å². The number of hydrogen-bond donors (Lipinski definition) is 2. The number of rotatable bonds is 6. The maximum Gasteiger partial charge on any atom is 0.223 e. The summed E-state index contributed by atoms with van der Waals surface area (Å²) in [6.45, 7) is 7.85. The lowest BCUT2D eigenvalue weighted by molar-refractivity contribution is -0.125. The lowest BCUT2D eigenvalue weighted by Crippen LogP contribution is -2.37. The van der Waals surface area contributed by atoms with Crippen LogP contribution in [0, 0.1) is 11.8 Å². The van der Waals surface area contributed by atoms with E-state index in [2.05, 4.69) is 24.5 Å². The van der Waals surface area contributed by atoms with Crippen LogP contribution in [0.25, 0.3) is 0 Å². The van der Waals surface area contributed by atoms with E-state index in [-0.39, 0.29) is 11.8 Å². The highest BCUT2D eigenvalue weighted by molar-refractivity contribution is 5.78. The Morgan fingerprint density at radius 1 is 1.29 bits per heavy atom. The van der Waals surface area contributed by atoms with Crippen LogP contribution < -0.4 is 10.6 Å². The molecule has 1 amide bonds. The molecule has 0 radical (unpaired) electrons. The van der Waals surface area contributed by atoms with E-state index in [1.54, 1.807) is 0 Å². The molecule has 1 atom stereocenters. The Morgan fingerprint density at radius 3 is 2.43 bits per heavy atom. The standard InChI is InChI=1S/C11H22N2O/c1-8(2)12-6-7-13-11(14)9(3)10-4-5-10/h8-10,12H,4-7H2,1-3H3,(H,13,14). The molecule has 1 saturated carbocycles. The molecule has 1 aliphatic rings. The molecule has 14 heavy (non-hydrogen) atoms. The van der Waals surface area contributed by atoms with E-state index in [1.807, 2.05) is 6.92 Å². The first kappa shape index (κ1) is 11.5. The van der Waals surface area contributed by atoms with Gasteiger partial charge in [0.1, 0.15) is 0 Å². The number of carbonyl (C=O) groups is 1. The largest absolute Gasteiger partial charge is 0.355 e. The van der Waals surface area contributed by atoms with E-state index in [1.165, 1.54) is 12.8 Å². The minimum atomic E-state index is 0.217. The molecule has 1 unspecified atom stereocenters. The monoisotopic (exact) mass is 198 g/mol. The molecule has 0 aromatic rings. The predicted octanol–water partition coefficient (Wildman–Crippen LogP) is 1.15. The Bertz CT molecular complexity index is 188. The Hall–Kier alpha value is -0.570. The van der Waals surface area contributed by atoms with Crippen molar-refractivity contribution in [2.45, 2.75) is 39.7 Å². The van der Waals surface area contributed by atoms with Gasteiger partial charge < -0.3 is 10.6 Å². The van der Waals surface area contributed by atoms with Crippen molar-refractivity contribution in [2.75, 3.05) is 13.1 Å². The lowest BCUT2D eigenvalue weighted by Gasteiger charge is -2.12. The lowest BCUT2D eigenvalue weighted by atomic mass is 10.1. The van der Waals surface area contributed by atoms with Gasteiger partial charge in [0.2, 0.25) is 5.91 Å². The third kappa shape index (κ3) is 4.09. The summed E-state index contributed by atoms with van der Waals surface area (Å²) in [4.78, 5) is 11.5. The summed E-state index contributed by atoms with van der Waals surface area (Å²) in [7, 11) is 0. The Morgan fingerprint density at radius 2 is 1.93 bits per heavy atom. The fourth-order valence-electron chi connectivity index (χ4n) is 1.52. The predicted molar refractivity (Wildman–Crippen MR) is 58.0 cm³/mol. The molecule has 0 heterocycles. The highest BCUT2D eigenvalue weighted by atomic mass is 16.1. The third-order valence-electron chi connectivity index (χ3n) is 2.72. The van der Waals surface area contributed by atoms with Crippen molar-refractivity contribution in [3.63, 3.8) is 0 Å². The molecule has 0 aromatic heterocycles. The van der Waals surface area contributed by atoms with Crippen molar-refractivity contribution in [3.05, 3.63) is 0 Å². The number of carbonyl (C=O) groups excluding carboxylic acids is 1. The third-order valence-corrected chi connectivity index (χ3v) is 2.72. The molecule has 82 valence electrons. The van der Waals surface area contributed by atoms with Crippen LogP contribution in [0.1, 0.15) is 33.6 Å². The molecule has 0 bridgehead atoms. The van der Waals surface area contributed by atoms with E-state index in [0.717, 1.165) is 13.1 Å². The average molecular weight is 198 g/mol. The average Bonchev–Trinajstić information content (AvgIpc) is 2.93. The molecular formula is C11H22N2O. The van der Waals surface area contributed by atoms with Crippen molar-refractivity contribution in [2.24, 2.45) is 11.8 Å². The summed E-state index contributed by atoms with van der Waals surface area (Å²) in [6.07, 6.45) is 2.47. The molecule has 1 fully saturated rings. The van der Waals surface area contributed by atoms with Crippen LogP contribution in [0.2, 0.25) is 0 Å². The highest BCUT2D eigenvalue weighted by Gasteiger charge is 2.32. The van der Waals surface area contributed by atoms with Gasteiger partial charge in [-0.15, -0.1) is 0 Å². The smallest absolute Gasteiger partial charge is 0.223 e. The molecule has 3 heteroatoms. The van der Waals surface area contributed by atoms with Gasteiger partial charge in [-0.1, -0.05) is 20.8 Å². The van der Waals surface area contributed by atoms with E-state index in [9.17, 15) is 4.79 Å². The van der Waals surface area contributed by atoms with Crippen molar-refractivity contribution < 1.29 is 4.79 Å². The van der Waals surface area contributed by atoms with Gasteiger partial charge in [0.05, 0.1) is 0 Å². The second-order valence-electron chi connectivity index (χ2n) is 4.53. The molecule has 1 aliphatic carbocycles. The summed E-state index contributed by atoms with van der Waals surface area (Å²) in [5.74, 6) is 1.10. The van der Waals surface area contributed by atoms with Crippen molar-refractivity contribution in [1.29, 1.82) is 0 Å². The van der Waals surface area contributed by atoms with Crippen molar-refractivity contribution in [1.82, 2.24) is 10.6 Å². The zero-order chi connectivity index (χ0) is 10.6. The van der Waals surface area contributed by atoms with E-state index in [4.69, 9.17) is 0 Å². The molecule has 3 nitrogen and oxygen atoms in total. The first-order valence-corrected chi connectivity index (χ1v) is 5.62. The van der Waals surface area contributed by atoms with Crippen LogP contribution in [0.4, 0.5) is 0 Å². The van der Waals surface area contributed by atoms with E-state index in [0.29, 0.717) is 12.0 Å². The van der Waals surface area contributed by atoms with Crippen LogP contribution in [0.3, 0.4) is 0 Å². The van der Waals surface area contributed by atoms with Crippen LogP contribution in [0.5, 0.6) is 0 Å². The van der Waals surface area contributed by atoms with Gasteiger partial charge in [-0.05, 0) is 18.8 Å². The molecule has 0 saturated heterocycles. The molecule has 0 aliphatic heterocycles. The second-order valence-corrected chi connectivity index (χ2v) is 4.53. The maximum absolute atomic E-state index is 11.5. The van der Waals surface area contributed by atoms with Crippen LogP contribution in [-0.4, -0.2) is 25.0 Å². The topological polar surface area (TPSA) is 41.1 Å². The maximum atomic E-state index is 11.5. The molecule has 2 N–H and O–H groups in total. The SMILES string of the molecule is CC(C)NCCNC(=O)C(C)C1CC1. The van der Waals surface area contributed by atoms with Gasteiger partial charge >= 0.3 is 0 Å². The van der Waals surface area contributed by atoms with Crippen molar-refractivity contribution in [3.8, 4) is 0 Å². The zero-order valence-electron chi connectivity index (χ0n) is 9.47. The van der Waals surface area contributed by atoms with E-state index >= 15 is 0 Å². The minimum absolute atomic E-state index is 0.217. The second kappa shape index (κ2) is 5.35. The highest BCUT2D eigenvalue weighted by Crippen LogP contribution is 2.36. The minimum Gasteiger partial charge on any atom is -0.355 e. The summed E-state index contributed by atoms with van der Waals surface area (Å²) >= 11 is 0. The van der Waals surface area contributed by atoms with Crippen LogP contribution in [-0.2, 0) is 4.79 Å². The van der Waals surface area contributed by atoms with Gasteiger partial charge in [-0.2, -0.15) is 0 Å². The first-order chi connectivity index (χ1) is 6.61. The quantitative estimate of drug-likeness (QED) is 0.629. The summed E-state index contributed by atoms with van der Waals surface area (Å²) in [6, 6.07) is 0.493. The molecule has 1 rings (SSSR count). The Kier molecular flexibility index (Phi) is 4.39. The fraction of sp³-hybridized carbons (Fsp3) is 0.909. The number of nitrogens with one attached hydrogen (secondary N) is 2. The molecular weight excluding hydrogens is 176 g/mol. The van der Waals surface area contributed by atoms with Gasteiger partial charge in [0.25, 0.3) is 0 Å². The Balaban J connectivity index is 2.02. The van der Waals surface area contributed by atoms with Gasteiger partial charge in [0, 0.05) is 25.0 Å². The van der Waals surface area contributed by atoms with Crippen molar-refractivity contribution >= 4 is 5.91 Å². The summed E-state index contributed by atoms with van der Waals surface area (Å²) in [5.41, 5.74) is 0. The Labute approximate surface area is 86.6 Å². The normalized spacial score (nSPS) is 18.3. The molecule has 0 aromatic carbocycles. The summed E-state index contributed by atoms with van der Waals surface area (Å²) < 4.78 is 0. The molecule has 0 spiro atoms. The summed E-state index contributed by atoms with van der Waals surface area (Å²) in [5, 5.41) is 6.23. The van der Waals surface area contributed by atoms with Gasteiger partial charge in [-0.25, -0.2) is 0 Å². The first-order valence-electron chi connectivity index (χ1n) is 5.62.